The standard InChI is InChI=1S/C36H35N12O/c1-49-28-6-2-23(3-7-28)19-47-36-32(30-9-5-26(15-25(30)17-39-36)43-33-10-12-37-21-40-33)20-48(47)46-13-11-34(41-22-46)44-27-4-8-29-24(14-27)16-38-35-31(29)18-42-45-35/h2-3,6-7,10-13,16-18,20-22,26-27H,4-5,8-9,14-15,19H2,1H3,(H2,37,38,40,42,43,45)/q+1/p+1. The lowest BCUT2D eigenvalue weighted by molar-refractivity contribution is -0.938. The van der Waals surface area contributed by atoms with Gasteiger partial charge in [0.2, 0.25) is 6.33 Å². The summed E-state index contributed by atoms with van der Waals surface area (Å²) < 4.78 is 9.63. The highest BCUT2D eigenvalue weighted by molar-refractivity contribution is 5.79. The number of rotatable bonds is 8. The molecule has 0 bridgehead atoms. The van der Waals surface area contributed by atoms with Gasteiger partial charge in [-0.1, -0.05) is 21.5 Å². The number of nitrogens with zero attached hydrogens (tertiary/aromatic N) is 9. The van der Waals surface area contributed by atoms with Crippen molar-refractivity contribution < 1.29 is 14.1 Å². The minimum Gasteiger partial charge on any atom is -0.497 e. The van der Waals surface area contributed by atoms with E-state index in [0.717, 1.165) is 83.5 Å². The first-order valence-electron chi connectivity index (χ1n) is 16.7. The van der Waals surface area contributed by atoms with Gasteiger partial charge in [-0.2, -0.15) is 10.1 Å². The summed E-state index contributed by atoms with van der Waals surface area (Å²) in [6.45, 7) is 0.629. The Hall–Kier alpha value is -5.98. The highest BCUT2D eigenvalue weighted by Gasteiger charge is 2.31. The topological polar surface area (TPSA) is 139 Å². The number of fused-ring (bicyclic) bond motifs is 6. The van der Waals surface area contributed by atoms with Gasteiger partial charge in [0.1, 0.15) is 35.3 Å². The minimum atomic E-state index is 0.277. The van der Waals surface area contributed by atoms with Gasteiger partial charge in [-0.25, -0.2) is 15.0 Å². The lowest BCUT2D eigenvalue weighted by Crippen LogP contribution is -2.59. The third-order valence-corrected chi connectivity index (χ3v) is 9.85. The van der Waals surface area contributed by atoms with Crippen LogP contribution in [0.2, 0.25) is 0 Å². The molecule has 0 saturated carbocycles. The summed E-state index contributed by atoms with van der Waals surface area (Å²) in [5.41, 5.74) is 8.18. The molecule has 2 aliphatic carbocycles. The van der Waals surface area contributed by atoms with Gasteiger partial charge in [-0.3, -0.25) is 5.10 Å². The van der Waals surface area contributed by atoms with Crippen LogP contribution >= 0.6 is 0 Å². The van der Waals surface area contributed by atoms with Gasteiger partial charge < -0.3 is 15.4 Å². The fraction of sp³-hybridized carbons (Fsp3) is 0.278. The Morgan fingerprint density at radius 3 is 2.33 bits per heavy atom. The van der Waals surface area contributed by atoms with Crippen molar-refractivity contribution in [3.8, 4) is 5.75 Å². The molecule has 2 unspecified atom stereocenters. The maximum Gasteiger partial charge on any atom is 0.418 e. The molecule has 3 N–H and O–H groups in total. The molecule has 0 amide bonds. The van der Waals surface area contributed by atoms with Crippen molar-refractivity contribution in [3.63, 3.8) is 0 Å². The molecule has 13 heteroatoms. The van der Waals surface area contributed by atoms with Crippen LogP contribution in [0.25, 0.3) is 22.1 Å². The van der Waals surface area contributed by atoms with Crippen LogP contribution in [0.5, 0.6) is 5.75 Å². The van der Waals surface area contributed by atoms with E-state index in [1.165, 1.54) is 22.3 Å². The number of aromatic amines is 1. The molecule has 1 aromatic carbocycles. The molecule has 244 valence electrons. The summed E-state index contributed by atoms with van der Waals surface area (Å²) in [6, 6.07) is 12.7. The number of aryl methyl sites for hydroxylation is 2. The van der Waals surface area contributed by atoms with E-state index < -0.39 is 0 Å². The Kier molecular flexibility index (Phi) is 7.29. The van der Waals surface area contributed by atoms with E-state index in [-0.39, 0.29) is 12.1 Å². The molecule has 13 nitrogen and oxygen atoms in total. The number of anilines is 2. The van der Waals surface area contributed by atoms with Crippen LogP contribution in [0.1, 0.15) is 40.7 Å². The molecular formula is C36H36N12O+2. The van der Waals surface area contributed by atoms with Crippen molar-refractivity contribution in [1.82, 2.24) is 39.9 Å². The van der Waals surface area contributed by atoms with Gasteiger partial charge in [0.25, 0.3) is 0 Å². The summed E-state index contributed by atoms with van der Waals surface area (Å²) in [4.78, 5) is 25.0. The number of hydrogen-bond donors (Lipinski definition) is 3. The zero-order valence-corrected chi connectivity index (χ0v) is 27.1. The summed E-state index contributed by atoms with van der Waals surface area (Å²) in [6.07, 6.45) is 21.1. The summed E-state index contributed by atoms with van der Waals surface area (Å²) >= 11 is 0. The molecule has 49 heavy (non-hydrogen) atoms. The molecule has 9 rings (SSSR count). The second kappa shape index (κ2) is 12.2. The smallest absolute Gasteiger partial charge is 0.418 e. The van der Waals surface area contributed by atoms with Crippen molar-refractivity contribution in [2.75, 3.05) is 17.7 Å². The van der Waals surface area contributed by atoms with Crippen LogP contribution in [0.4, 0.5) is 11.6 Å². The zero-order valence-electron chi connectivity index (χ0n) is 27.1. The largest absolute Gasteiger partial charge is 0.497 e. The third kappa shape index (κ3) is 5.56. The van der Waals surface area contributed by atoms with Crippen LogP contribution in [0, 0.1) is 0 Å². The lowest BCUT2D eigenvalue weighted by Gasteiger charge is -2.25. The first-order chi connectivity index (χ1) is 24.2. The van der Waals surface area contributed by atoms with E-state index in [4.69, 9.17) is 14.7 Å². The Morgan fingerprint density at radius 1 is 0.857 bits per heavy atom. The Labute approximate surface area is 282 Å². The first kappa shape index (κ1) is 29.2. The lowest BCUT2D eigenvalue weighted by atomic mass is 9.88. The van der Waals surface area contributed by atoms with Gasteiger partial charge in [0, 0.05) is 52.0 Å². The number of methoxy groups -OCH3 is 1. The number of H-pyrrole nitrogens is 1. The van der Waals surface area contributed by atoms with E-state index in [1.807, 2.05) is 53.9 Å². The summed E-state index contributed by atoms with van der Waals surface area (Å²) in [5.74, 6) is 2.53. The molecule has 0 fully saturated rings. The second-order valence-electron chi connectivity index (χ2n) is 12.8. The monoisotopic (exact) mass is 652 g/mol. The number of ether oxygens (including phenoxy) is 1. The number of aromatic nitrogens is 10. The number of nitrogens with one attached hydrogen (secondary N) is 3. The molecule has 0 aliphatic heterocycles. The quantitative estimate of drug-likeness (QED) is 0.211. The molecule has 2 atom stereocenters. The third-order valence-electron chi connectivity index (χ3n) is 9.85. The van der Waals surface area contributed by atoms with Crippen molar-refractivity contribution in [2.45, 2.75) is 57.2 Å². The molecule has 0 spiro atoms. The maximum atomic E-state index is 5.41. The molecule has 0 radical (unpaired) electrons. The number of benzene rings is 1. The van der Waals surface area contributed by atoms with E-state index in [0.29, 0.717) is 6.54 Å². The average molecular weight is 653 g/mol. The van der Waals surface area contributed by atoms with Crippen LogP contribution in [-0.2, 0) is 32.2 Å². The van der Waals surface area contributed by atoms with Gasteiger partial charge >= 0.3 is 5.65 Å². The van der Waals surface area contributed by atoms with Crippen molar-refractivity contribution in [3.05, 3.63) is 114 Å². The number of hydrogen-bond acceptors (Lipinski definition) is 9. The summed E-state index contributed by atoms with van der Waals surface area (Å²) in [7, 11) is 1.69. The van der Waals surface area contributed by atoms with Crippen LogP contribution < -0.4 is 24.7 Å². The predicted octanol–water partition coefficient (Wildman–Crippen LogP) is 3.37. The second-order valence-corrected chi connectivity index (χ2v) is 12.8. The fourth-order valence-electron chi connectivity index (χ4n) is 7.36. The van der Waals surface area contributed by atoms with Crippen LogP contribution in [-0.4, -0.2) is 59.1 Å². The van der Waals surface area contributed by atoms with Gasteiger partial charge in [-0.05, 0) is 78.2 Å². The Bertz CT molecular complexity index is 2260. The fourth-order valence-corrected chi connectivity index (χ4v) is 7.36. The predicted molar refractivity (Wildman–Crippen MR) is 182 cm³/mol. The SMILES string of the molecule is COc1ccc(C[n+]2c3ncc4c(c3cn2-[n+]2ccc(NC3CCc5c(cnc6[nH]ncc56)C3)nc2)CCC(Nc2ccncn2)C4)cc1. The van der Waals surface area contributed by atoms with E-state index in [2.05, 4.69) is 69.8 Å². The van der Waals surface area contributed by atoms with Crippen molar-refractivity contribution in [1.29, 1.82) is 0 Å². The minimum absolute atomic E-state index is 0.277. The molecule has 0 saturated heterocycles. The highest BCUT2D eigenvalue weighted by atomic mass is 16.5. The molecule has 6 heterocycles. The highest BCUT2D eigenvalue weighted by Crippen LogP contribution is 2.29. The first-order valence-corrected chi connectivity index (χ1v) is 16.7. The van der Waals surface area contributed by atoms with Gasteiger partial charge in [0.05, 0.1) is 13.3 Å². The normalized spacial score (nSPS) is 17.1. The van der Waals surface area contributed by atoms with E-state index in [9.17, 15) is 0 Å². The molecule has 7 aromatic rings. The average Bonchev–Trinajstić information content (AvgIpc) is 3.78. The Morgan fingerprint density at radius 2 is 1.61 bits per heavy atom. The van der Waals surface area contributed by atoms with Crippen LogP contribution in [0.3, 0.4) is 0 Å². The molecule has 6 aromatic heterocycles. The van der Waals surface area contributed by atoms with Crippen molar-refractivity contribution in [2.24, 2.45) is 0 Å². The summed E-state index contributed by atoms with van der Waals surface area (Å²) in [5, 5.41) is 16.7. The van der Waals surface area contributed by atoms with E-state index in [1.54, 1.807) is 19.6 Å². The van der Waals surface area contributed by atoms with E-state index >= 15 is 0 Å². The number of pyridine rings is 2. The molecular weight excluding hydrogens is 616 g/mol. The maximum absolute atomic E-state index is 5.41. The van der Waals surface area contributed by atoms with Gasteiger partial charge in [0.15, 0.2) is 24.6 Å². The molecule has 2 aliphatic rings. The Balaban J connectivity index is 1.01. The van der Waals surface area contributed by atoms with Gasteiger partial charge in [-0.15, -0.1) is 0 Å². The van der Waals surface area contributed by atoms with Crippen LogP contribution in [0.15, 0.2) is 86.2 Å². The van der Waals surface area contributed by atoms with Crippen molar-refractivity contribution >= 4 is 33.7 Å². The zero-order chi connectivity index (χ0) is 32.7.